The van der Waals surface area contributed by atoms with Crippen LogP contribution in [0.2, 0.25) is 0 Å². The molecule has 1 aromatic carbocycles. The second-order valence-electron chi connectivity index (χ2n) is 6.01. The number of benzene rings is 1. The molecule has 3 heteroatoms. The average Bonchev–Trinajstić information content (AvgIpc) is 2.38. The van der Waals surface area contributed by atoms with E-state index in [0.717, 1.165) is 18.4 Å². The molecule has 0 aliphatic rings. The molecule has 0 aliphatic heterocycles. The zero-order valence-electron chi connectivity index (χ0n) is 12.9. The first-order valence-corrected chi connectivity index (χ1v) is 7.46. The van der Waals surface area contributed by atoms with E-state index in [0.29, 0.717) is 24.8 Å². The zero-order chi connectivity index (χ0) is 15.0. The van der Waals surface area contributed by atoms with E-state index in [2.05, 4.69) is 31.3 Å². The lowest BCUT2D eigenvalue weighted by molar-refractivity contribution is -0.120. The van der Waals surface area contributed by atoms with E-state index >= 15 is 0 Å². The number of aliphatic hydroxyl groups is 1. The van der Waals surface area contributed by atoms with Crippen molar-refractivity contribution in [2.45, 2.75) is 40.0 Å². The molecular formula is C17H27NO2. The summed E-state index contributed by atoms with van der Waals surface area (Å²) in [7, 11) is 0. The number of carbonyl (C=O) groups is 1. The van der Waals surface area contributed by atoms with E-state index in [9.17, 15) is 4.79 Å². The molecule has 0 saturated carbocycles. The standard InChI is InChI=1S/C17H27NO2/c1-13(2)10-15-4-6-16(7-5-15)11-17(20)18-12-14(3)8-9-19/h4-7,13-14,19H,8-12H2,1-3H3,(H,18,20). The molecule has 1 aromatic rings. The Kier molecular flexibility index (Phi) is 7.31. The third-order valence-electron chi connectivity index (χ3n) is 3.30. The van der Waals surface area contributed by atoms with Crippen molar-refractivity contribution < 1.29 is 9.90 Å². The molecule has 0 bridgehead atoms. The van der Waals surface area contributed by atoms with Gasteiger partial charge in [-0.15, -0.1) is 0 Å². The Morgan fingerprint density at radius 2 is 1.75 bits per heavy atom. The molecule has 112 valence electrons. The van der Waals surface area contributed by atoms with Crippen LogP contribution < -0.4 is 5.32 Å². The predicted octanol–water partition coefficient (Wildman–Crippen LogP) is 2.56. The van der Waals surface area contributed by atoms with Crippen LogP contribution in [0.25, 0.3) is 0 Å². The minimum absolute atomic E-state index is 0.0476. The van der Waals surface area contributed by atoms with Gasteiger partial charge < -0.3 is 10.4 Å². The Hall–Kier alpha value is -1.35. The van der Waals surface area contributed by atoms with Crippen molar-refractivity contribution in [1.82, 2.24) is 5.32 Å². The number of amides is 1. The summed E-state index contributed by atoms with van der Waals surface area (Å²) in [4.78, 5) is 11.8. The fourth-order valence-corrected chi connectivity index (χ4v) is 2.12. The van der Waals surface area contributed by atoms with Crippen LogP contribution in [-0.4, -0.2) is 24.2 Å². The second kappa shape index (κ2) is 8.75. The molecule has 0 fully saturated rings. The first-order chi connectivity index (χ1) is 9.51. The molecule has 0 saturated heterocycles. The maximum atomic E-state index is 11.8. The van der Waals surface area contributed by atoms with E-state index in [1.54, 1.807) is 0 Å². The van der Waals surface area contributed by atoms with Crippen LogP contribution in [0.4, 0.5) is 0 Å². The van der Waals surface area contributed by atoms with E-state index in [1.165, 1.54) is 5.56 Å². The van der Waals surface area contributed by atoms with Gasteiger partial charge in [-0.05, 0) is 35.8 Å². The van der Waals surface area contributed by atoms with Gasteiger partial charge in [-0.2, -0.15) is 0 Å². The highest BCUT2D eigenvalue weighted by Gasteiger charge is 2.06. The Morgan fingerprint density at radius 3 is 2.30 bits per heavy atom. The first-order valence-electron chi connectivity index (χ1n) is 7.46. The summed E-state index contributed by atoms with van der Waals surface area (Å²) < 4.78 is 0. The lowest BCUT2D eigenvalue weighted by Gasteiger charge is -2.11. The van der Waals surface area contributed by atoms with Gasteiger partial charge in [-0.25, -0.2) is 0 Å². The number of rotatable bonds is 8. The Bertz CT molecular complexity index is 398. The van der Waals surface area contributed by atoms with Gasteiger partial charge in [0.25, 0.3) is 0 Å². The van der Waals surface area contributed by atoms with Crippen molar-refractivity contribution in [3.05, 3.63) is 35.4 Å². The summed E-state index contributed by atoms with van der Waals surface area (Å²) in [6.45, 7) is 7.24. The average molecular weight is 277 g/mol. The van der Waals surface area contributed by atoms with Crippen molar-refractivity contribution in [3.8, 4) is 0 Å². The van der Waals surface area contributed by atoms with E-state index < -0.39 is 0 Å². The largest absolute Gasteiger partial charge is 0.396 e. The van der Waals surface area contributed by atoms with Crippen molar-refractivity contribution in [3.63, 3.8) is 0 Å². The maximum Gasteiger partial charge on any atom is 0.224 e. The number of aliphatic hydroxyl groups excluding tert-OH is 1. The normalized spacial score (nSPS) is 12.4. The third kappa shape index (κ3) is 6.71. The van der Waals surface area contributed by atoms with E-state index in [-0.39, 0.29) is 12.5 Å². The quantitative estimate of drug-likeness (QED) is 0.767. The third-order valence-corrected chi connectivity index (χ3v) is 3.30. The summed E-state index contributed by atoms with van der Waals surface area (Å²) in [6, 6.07) is 8.29. The van der Waals surface area contributed by atoms with Crippen LogP contribution in [0, 0.1) is 11.8 Å². The van der Waals surface area contributed by atoms with Crippen LogP contribution in [0.1, 0.15) is 38.3 Å². The molecule has 0 spiro atoms. The summed E-state index contributed by atoms with van der Waals surface area (Å²) in [5, 5.41) is 11.7. The molecule has 2 N–H and O–H groups in total. The second-order valence-corrected chi connectivity index (χ2v) is 6.01. The smallest absolute Gasteiger partial charge is 0.224 e. The minimum atomic E-state index is 0.0476. The van der Waals surface area contributed by atoms with Gasteiger partial charge in [0.05, 0.1) is 6.42 Å². The zero-order valence-corrected chi connectivity index (χ0v) is 12.9. The van der Waals surface area contributed by atoms with Gasteiger partial charge in [-0.1, -0.05) is 45.0 Å². The lowest BCUT2D eigenvalue weighted by Crippen LogP contribution is -2.29. The van der Waals surface area contributed by atoms with E-state index in [4.69, 9.17) is 5.11 Å². The highest BCUT2D eigenvalue weighted by Crippen LogP contribution is 2.10. The van der Waals surface area contributed by atoms with Crippen molar-refractivity contribution in [1.29, 1.82) is 0 Å². The number of nitrogens with one attached hydrogen (secondary N) is 1. The predicted molar refractivity (Wildman–Crippen MR) is 82.6 cm³/mol. The summed E-state index contributed by atoms with van der Waals surface area (Å²) in [5.41, 5.74) is 2.37. The number of hydrogen-bond donors (Lipinski definition) is 2. The van der Waals surface area contributed by atoms with Gasteiger partial charge in [0.15, 0.2) is 0 Å². The molecule has 1 unspecified atom stereocenters. The van der Waals surface area contributed by atoms with E-state index in [1.807, 2.05) is 19.1 Å². The topological polar surface area (TPSA) is 49.3 Å². The summed E-state index contributed by atoms with van der Waals surface area (Å²) >= 11 is 0. The molecule has 0 radical (unpaired) electrons. The van der Waals surface area contributed by atoms with Gasteiger partial charge in [0, 0.05) is 13.2 Å². The molecule has 1 amide bonds. The van der Waals surface area contributed by atoms with Crippen LogP contribution in [-0.2, 0) is 17.6 Å². The summed E-state index contributed by atoms with van der Waals surface area (Å²) in [5.74, 6) is 1.01. The summed E-state index contributed by atoms with van der Waals surface area (Å²) in [6.07, 6.45) is 2.23. The fraction of sp³-hybridized carbons (Fsp3) is 0.588. The fourth-order valence-electron chi connectivity index (χ4n) is 2.12. The molecule has 3 nitrogen and oxygen atoms in total. The van der Waals surface area contributed by atoms with Crippen molar-refractivity contribution in [2.24, 2.45) is 11.8 Å². The monoisotopic (exact) mass is 277 g/mol. The number of hydrogen-bond acceptors (Lipinski definition) is 2. The van der Waals surface area contributed by atoms with Crippen LogP contribution in [0.5, 0.6) is 0 Å². The molecular weight excluding hydrogens is 250 g/mol. The van der Waals surface area contributed by atoms with Gasteiger partial charge >= 0.3 is 0 Å². The highest BCUT2D eigenvalue weighted by molar-refractivity contribution is 5.78. The van der Waals surface area contributed by atoms with Crippen LogP contribution in [0.3, 0.4) is 0 Å². The van der Waals surface area contributed by atoms with Crippen molar-refractivity contribution in [2.75, 3.05) is 13.2 Å². The SMILES string of the molecule is CC(C)Cc1ccc(CC(=O)NCC(C)CCO)cc1. The molecule has 20 heavy (non-hydrogen) atoms. The maximum absolute atomic E-state index is 11.8. The van der Waals surface area contributed by atoms with Crippen LogP contribution >= 0.6 is 0 Å². The molecule has 1 atom stereocenters. The Morgan fingerprint density at radius 1 is 1.15 bits per heavy atom. The van der Waals surface area contributed by atoms with Gasteiger partial charge in [-0.3, -0.25) is 4.79 Å². The van der Waals surface area contributed by atoms with Gasteiger partial charge in [0.2, 0.25) is 5.91 Å². The molecule has 0 aromatic heterocycles. The highest BCUT2D eigenvalue weighted by atomic mass is 16.3. The van der Waals surface area contributed by atoms with Gasteiger partial charge in [0.1, 0.15) is 0 Å². The molecule has 0 heterocycles. The molecule has 1 rings (SSSR count). The Labute approximate surface area is 122 Å². The minimum Gasteiger partial charge on any atom is -0.396 e. The van der Waals surface area contributed by atoms with Crippen molar-refractivity contribution >= 4 is 5.91 Å². The Balaban J connectivity index is 2.38. The van der Waals surface area contributed by atoms with Crippen LogP contribution in [0.15, 0.2) is 24.3 Å². The molecule has 0 aliphatic carbocycles. The first kappa shape index (κ1) is 16.7. The number of carbonyl (C=O) groups excluding carboxylic acids is 1. The lowest BCUT2D eigenvalue weighted by atomic mass is 10.0.